The molecule has 2 aliphatic heterocycles. The van der Waals surface area contributed by atoms with Crippen molar-refractivity contribution in [3.8, 4) is 0 Å². The first-order valence-electron chi connectivity index (χ1n) is 6.23. The fourth-order valence-electron chi connectivity index (χ4n) is 2.82. The molecule has 2 aliphatic rings. The van der Waals surface area contributed by atoms with Crippen LogP contribution in [0.2, 0.25) is 0 Å². The Labute approximate surface area is 90.9 Å². The predicted molar refractivity (Wildman–Crippen MR) is 59.8 cm³/mol. The summed E-state index contributed by atoms with van der Waals surface area (Å²) < 4.78 is 2.45. The monoisotopic (exact) mass is 205 g/mol. The lowest BCUT2D eigenvalue weighted by molar-refractivity contribution is 0.383. The molecule has 3 heterocycles. The Morgan fingerprint density at radius 3 is 3.13 bits per heavy atom. The van der Waals surface area contributed by atoms with Gasteiger partial charge in [-0.2, -0.15) is 0 Å². The smallest absolute Gasteiger partial charge is 0.108 e. The Morgan fingerprint density at radius 2 is 2.27 bits per heavy atom. The minimum Gasteiger partial charge on any atom is -0.331 e. The number of rotatable bonds is 1. The molecule has 0 radical (unpaired) electrons. The zero-order valence-corrected chi connectivity index (χ0v) is 9.21. The summed E-state index contributed by atoms with van der Waals surface area (Å²) in [6, 6.07) is 0.568. The van der Waals surface area contributed by atoms with Gasteiger partial charge in [0.05, 0.1) is 11.9 Å². The van der Waals surface area contributed by atoms with Crippen LogP contribution in [0.3, 0.4) is 0 Å². The van der Waals surface area contributed by atoms with Crippen LogP contribution in [0, 0.1) is 0 Å². The second-order valence-corrected chi connectivity index (χ2v) is 4.71. The van der Waals surface area contributed by atoms with Gasteiger partial charge in [-0.05, 0) is 32.2 Å². The predicted octanol–water partition coefficient (Wildman–Crippen LogP) is 2.03. The molecule has 3 nitrogen and oxygen atoms in total. The molecule has 1 aromatic rings. The van der Waals surface area contributed by atoms with E-state index in [1.165, 1.54) is 63.1 Å². The molecule has 15 heavy (non-hydrogen) atoms. The van der Waals surface area contributed by atoms with Crippen molar-refractivity contribution >= 4 is 0 Å². The van der Waals surface area contributed by atoms with Crippen LogP contribution < -0.4 is 5.32 Å². The summed E-state index contributed by atoms with van der Waals surface area (Å²) in [5.74, 6) is 1.31. The van der Waals surface area contributed by atoms with Crippen molar-refractivity contribution in [3.63, 3.8) is 0 Å². The Hall–Kier alpha value is -0.830. The third-order valence-corrected chi connectivity index (χ3v) is 3.67. The van der Waals surface area contributed by atoms with Crippen LogP contribution in [-0.4, -0.2) is 16.1 Å². The molecule has 1 unspecified atom stereocenters. The van der Waals surface area contributed by atoms with E-state index in [0.29, 0.717) is 6.04 Å². The summed E-state index contributed by atoms with van der Waals surface area (Å²) >= 11 is 0. The highest BCUT2D eigenvalue weighted by Crippen LogP contribution is 2.26. The third-order valence-electron chi connectivity index (χ3n) is 3.67. The largest absolute Gasteiger partial charge is 0.331 e. The average molecular weight is 205 g/mol. The van der Waals surface area contributed by atoms with E-state index >= 15 is 0 Å². The van der Waals surface area contributed by atoms with Crippen molar-refractivity contribution in [1.29, 1.82) is 0 Å². The minimum atomic E-state index is 0.568. The molecule has 82 valence electrons. The van der Waals surface area contributed by atoms with Gasteiger partial charge < -0.3 is 9.88 Å². The molecule has 0 bridgehead atoms. The second kappa shape index (κ2) is 3.97. The molecule has 1 saturated heterocycles. The topological polar surface area (TPSA) is 29.9 Å². The lowest BCUT2D eigenvalue weighted by atomic mass is 10.0. The SMILES string of the molecule is c1nc2n(c1C1CCCCN1)CCCC2. The molecular formula is C12H19N3. The van der Waals surface area contributed by atoms with Gasteiger partial charge in [0.2, 0.25) is 0 Å². The number of piperidine rings is 1. The van der Waals surface area contributed by atoms with Crippen LogP contribution in [-0.2, 0) is 13.0 Å². The summed E-state index contributed by atoms with van der Waals surface area (Å²) in [7, 11) is 0. The van der Waals surface area contributed by atoms with Crippen molar-refractivity contribution in [2.24, 2.45) is 0 Å². The number of hydrogen-bond acceptors (Lipinski definition) is 2. The van der Waals surface area contributed by atoms with Gasteiger partial charge in [-0.1, -0.05) is 6.42 Å². The zero-order valence-electron chi connectivity index (χ0n) is 9.21. The molecule has 1 aromatic heterocycles. The molecule has 0 saturated carbocycles. The van der Waals surface area contributed by atoms with E-state index in [1.807, 2.05) is 0 Å². The van der Waals surface area contributed by atoms with E-state index in [2.05, 4.69) is 21.1 Å². The molecule has 3 heteroatoms. The number of hydrogen-bond donors (Lipinski definition) is 1. The van der Waals surface area contributed by atoms with Crippen molar-refractivity contribution in [2.75, 3.05) is 6.54 Å². The number of imidazole rings is 1. The normalized spacial score (nSPS) is 26.3. The van der Waals surface area contributed by atoms with E-state index in [0.717, 1.165) is 0 Å². The van der Waals surface area contributed by atoms with Crippen LogP contribution in [0.1, 0.15) is 49.7 Å². The lowest BCUT2D eigenvalue weighted by Gasteiger charge is -2.26. The van der Waals surface area contributed by atoms with E-state index in [4.69, 9.17) is 0 Å². The van der Waals surface area contributed by atoms with Crippen LogP contribution in [0.15, 0.2) is 6.20 Å². The average Bonchev–Trinajstić information content (AvgIpc) is 2.74. The van der Waals surface area contributed by atoms with Crippen LogP contribution in [0.25, 0.3) is 0 Å². The molecule has 3 rings (SSSR count). The van der Waals surface area contributed by atoms with Gasteiger partial charge in [-0.15, -0.1) is 0 Å². The molecule has 0 spiro atoms. The maximum absolute atomic E-state index is 4.55. The van der Waals surface area contributed by atoms with Crippen molar-refractivity contribution in [3.05, 3.63) is 17.7 Å². The van der Waals surface area contributed by atoms with Gasteiger partial charge in [0.25, 0.3) is 0 Å². The maximum Gasteiger partial charge on any atom is 0.108 e. The van der Waals surface area contributed by atoms with Crippen molar-refractivity contribution in [1.82, 2.24) is 14.9 Å². The fourth-order valence-corrected chi connectivity index (χ4v) is 2.82. The number of fused-ring (bicyclic) bond motifs is 1. The van der Waals surface area contributed by atoms with E-state index < -0.39 is 0 Å². The molecular weight excluding hydrogens is 186 g/mol. The molecule has 0 aromatic carbocycles. The van der Waals surface area contributed by atoms with Gasteiger partial charge in [0.1, 0.15) is 5.82 Å². The molecule has 0 aliphatic carbocycles. The van der Waals surface area contributed by atoms with Gasteiger partial charge in [-0.3, -0.25) is 0 Å². The molecule has 1 atom stereocenters. The number of aryl methyl sites for hydroxylation is 1. The first kappa shape index (κ1) is 9.40. The maximum atomic E-state index is 4.55. The summed E-state index contributed by atoms with van der Waals surface area (Å²) in [5, 5.41) is 3.61. The first-order chi connectivity index (χ1) is 7.45. The Kier molecular flexibility index (Phi) is 2.49. The second-order valence-electron chi connectivity index (χ2n) is 4.71. The van der Waals surface area contributed by atoms with Crippen molar-refractivity contribution < 1.29 is 0 Å². The molecule has 1 fully saturated rings. The standard InChI is InChI=1S/C12H19N3/c1-3-7-13-10(5-1)11-9-14-12-6-2-4-8-15(11)12/h9-10,13H,1-8H2. The highest BCUT2D eigenvalue weighted by atomic mass is 15.1. The summed E-state index contributed by atoms with van der Waals surface area (Å²) in [6.45, 7) is 2.36. The fraction of sp³-hybridized carbons (Fsp3) is 0.750. The Morgan fingerprint density at radius 1 is 1.27 bits per heavy atom. The Bertz CT molecular complexity index is 337. The van der Waals surface area contributed by atoms with Gasteiger partial charge in [-0.25, -0.2) is 4.98 Å². The molecule has 0 amide bonds. The number of aromatic nitrogens is 2. The van der Waals surface area contributed by atoms with E-state index in [1.54, 1.807) is 0 Å². The summed E-state index contributed by atoms with van der Waals surface area (Å²) in [4.78, 5) is 4.55. The molecule has 1 N–H and O–H groups in total. The van der Waals surface area contributed by atoms with Crippen LogP contribution in [0.4, 0.5) is 0 Å². The highest BCUT2D eigenvalue weighted by molar-refractivity contribution is 5.12. The highest BCUT2D eigenvalue weighted by Gasteiger charge is 2.21. The van der Waals surface area contributed by atoms with Gasteiger partial charge >= 0.3 is 0 Å². The van der Waals surface area contributed by atoms with E-state index in [-0.39, 0.29) is 0 Å². The minimum absolute atomic E-state index is 0.568. The van der Waals surface area contributed by atoms with Gasteiger partial charge in [0, 0.05) is 19.0 Å². The van der Waals surface area contributed by atoms with Crippen molar-refractivity contribution in [2.45, 2.75) is 51.1 Å². The zero-order chi connectivity index (χ0) is 10.1. The van der Waals surface area contributed by atoms with Crippen LogP contribution >= 0.6 is 0 Å². The quantitative estimate of drug-likeness (QED) is 0.760. The van der Waals surface area contributed by atoms with E-state index in [9.17, 15) is 0 Å². The Balaban J connectivity index is 1.87. The van der Waals surface area contributed by atoms with Crippen LogP contribution in [0.5, 0.6) is 0 Å². The number of nitrogens with one attached hydrogen (secondary N) is 1. The third kappa shape index (κ3) is 1.69. The lowest BCUT2D eigenvalue weighted by Crippen LogP contribution is -2.29. The number of nitrogens with zero attached hydrogens (tertiary/aromatic N) is 2. The summed E-state index contributed by atoms with van der Waals surface area (Å²) in [5.41, 5.74) is 1.43. The van der Waals surface area contributed by atoms with Gasteiger partial charge in [0.15, 0.2) is 0 Å². The summed E-state index contributed by atoms with van der Waals surface area (Å²) in [6.07, 6.45) is 9.88. The first-order valence-corrected chi connectivity index (χ1v) is 6.23.